The Hall–Kier alpha value is -0.0300. The topological polar surface area (TPSA) is 18.5 Å². The Morgan fingerprint density at radius 3 is 2.50 bits per heavy atom. The maximum absolute atomic E-state index is 5.10. The molecular formula is C10H13BrO2S. The Kier molecular flexibility index (Phi) is 5.55. The van der Waals surface area contributed by atoms with Crippen molar-refractivity contribution in [1.29, 1.82) is 0 Å². The zero-order chi connectivity index (χ0) is 10.4. The second kappa shape index (κ2) is 6.45. The molecule has 0 N–H and O–H groups in total. The number of thioether (sulfide) groups is 1. The van der Waals surface area contributed by atoms with E-state index >= 15 is 0 Å². The van der Waals surface area contributed by atoms with Crippen LogP contribution >= 0.6 is 27.7 Å². The normalized spacial score (nSPS) is 10.9. The third-order valence-electron chi connectivity index (χ3n) is 1.74. The minimum absolute atomic E-state index is 0.146. The largest absolute Gasteiger partial charge is 0.355 e. The molecule has 0 aliphatic heterocycles. The number of hydrogen-bond donors (Lipinski definition) is 0. The lowest BCUT2D eigenvalue weighted by atomic mass is 10.4. The molecule has 0 atom stereocenters. The van der Waals surface area contributed by atoms with E-state index in [9.17, 15) is 0 Å². The summed E-state index contributed by atoms with van der Waals surface area (Å²) in [4.78, 5) is 1.20. The highest BCUT2D eigenvalue weighted by molar-refractivity contribution is 9.10. The van der Waals surface area contributed by atoms with Crippen LogP contribution in [0, 0.1) is 0 Å². The molecule has 0 unspecified atom stereocenters. The first-order valence-corrected chi connectivity index (χ1v) is 5.98. The maximum Gasteiger partial charge on any atom is 0.166 e. The first-order valence-electron chi connectivity index (χ1n) is 4.21. The van der Waals surface area contributed by atoms with Crippen molar-refractivity contribution in [3.8, 4) is 0 Å². The highest BCUT2D eigenvalue weighted by Gasteiger charge is 2.06. The van der Waals surface area contributed by atoms with Crippen LogP contribution in [0.15, 0.2) is 33.6 Å². The molecule has 0 aliphatic rings. The summed E-state index contributed by atoms with van der Waals surface area (Å²) in [5.41, 5.74) is 0. The number of methoxy groups -OCH3 is 2. The van der Waals surface area contributed by atoms with Gasteiger partial charge in [-0.3, -0.25) is 0 Å². The van der Waals surface area contributed by atoms with Gasteiger partial charge < -0.3 is 9.47 Å². The van der Waals surface area contributed by atoms with Gasteiger partial charge in [-0.2, -0.15) is 0 Å². The lowest BCUT2D eigenvalue weighted by Gasteiger charge is -2.12. The monoisotopic (exact) mass is 276 g/mol. The van der Waals surface area contributed by atoms with Crippen molar-refractivity contribution in [2.75, 3.05) is 20.0 Å². The van der Waals surface area contributed by atoms with E-state index in [1.54, 1.807) is 26.0 Å². The highest BCUT2D eigenvalue weighted by Crippen LogP contribution is 2.27. The van der Waals surface area contributed by atoms with Crippen molar-refractivity contribution in [1.82, 2.24) is 0 Å². The molecule has 0 saturated carbocycles. The molecule has 0 amide bonds. The first-order chi connectivity index (χ1) is 6.77. The molecule has 0 saturated heterocycles. The minimum atomic E-state index is -0.146. The first kappa shape index (κ1) is 12.0. The van der Waals surface area contributed by atoms with E-state index in [1.807, 2.05) is 18.2 Å². The van der Waals surface area contributed by atoms with E-state index < -0.39 is 0 Å². The molecule has 0 aliphatic carbocycles. The van der Waals surface area contributed by atoms with Gasteiger partial charge in [-0.1, -0.05) is 12.1 Å². The lowest BCUT2D eigenvalue weighted by molar-refractivity contribution is -0.0842. The van der Waals surface area contributed by atoms with Gasteiger partial charge in [0, 0.05) is 29.3 Å². The van der Waals surface area contributed by atoms with Crippen LogP contribution in [0.2, 0.25) is 0 Å². The average molecular weight is 277 g/mol. The van der Waals surface area contributed by atoms with Crippen molar-refractivity contribution < 1.29 is 9.47 Å². The molecule has 0 bridgehead atoms. The summed E-state index contributed by atoms with van der Waals surface area (Å²) in [6, 6.07) is 8.11. The molecule has 0 spiro atoms. The molecule has 0 radical (unpaired) electrons. The molecule has 0 heterocycles. The van der Waals surface area contributed by atoms with Crippen molar-refractivity contribution >= 4 is 27.7 Å². The second-order valence-electron chi connectivity index (χ2n) is 2.64. The van der Waals surface area contributed by atoms with Crippen LogP contribution in [0.5, 0.6) is 0 Å². The van der Waals surface area contributed by atoms with Crippen molar-refractivity contribution in [2.45, 2.75) is 11.2 Å². The molecule has 0 aromatic heterocycles. The van der Waals surface area contributed by atoms with Crippen molar-refractivity contribution in [2.24, 2.45) is 0 Å². The van der Waals surface area contributed by atoms with E-state index in [4.69, 9.17) is 9.47 Å². The van der Waals surface area contributed by atoms with Gasteiger partial charge in [0.2, 0.25) is 0 Å². The maximum atomic E-state index is 5.10. The van der Waals surface area contributed by atoms with Crippen molar-refractivity contribution in [3.63, 3.8) is 0 Å². The van der Waals surface area contributed by atoms with E-state index in [2.05, 4.69) is 22.0 Å². The summed E-state index contributed by atoms with van der Waals surface area (Å²) in [5, 5.41) is 0. The predicted molar refractivity (Wildman–Crippen MR) is 62.7 cm³/mol. The quantitative estimate of drug-likeness (QED) is 0.608. The molecule has 4 heteroatoms. The summed E-state index contributed by atoms with van der Waals surface area (Å²) in [7, 11) is 3.30. The van der Waals surface area contributed by atoms with Gasteiger partial charge in [0.15, 0.2) is 6.29 Å². The average Bonchev–Trinajstić information content (AvgIpc) is 2.22. The minimum Gasteiger partial charge on any atom is -0.355 e. The summed E-state index contributed by atoms with van der Waals surface area (Å²) < 4.78 is 11.3. The Labute approximate surface area is 97.1 Å². The molecule has 1 aromatic carbocycles. The van der Waals surface area contributed by atoms with E-state index in [-0.39, 0.29) is 6.29 Å². The number of rotatable bonds is 5. The van der Waals surface area contributed by atoms with E-state index in [1.165, 1.54) is 4.90 Å². The molecule has 2 nitrogen and oxygen atoms in total. The van der Waals surface area contributed by atoms with Crippen LogP contribution in [0.3, 0.4) is 0 Å². The number of halogens is 1. The molecular weight excluding hydrogens is 264 g/mol. The van der Waals surface area contributed by atoms with Crippen LogP contribution in [0.1, 0.15) is 0 Å². The number of hydrogen-bond acceptors (Lipinski definition) is 3. The summed E-state index contributed by atoms with van der Waals surface area (Å²) >= 11 is 5.20. The molecule has 1 aromatic rings. The SMILES string of the molecule is COC(CSc1ccccc1Br)OC. The number of benzene rings is 1. The fourth-order valence-corrected chi connectivity index (χ4v) is 2.55. The predicted octanol–water partition coefficient (Wildman–Crippen LogP) is 3.16. The molecule has 78 valence electrons. The Morgan fingerprint density at radius 1 is 1.29 bits per heavy atom. The Balaban J connectivity index is 2.49. The van der Waals surface area contributed by atoms with Gasteiger partial charge in [0.05, 0.1) is 0 Å². The smallest absolute Gasteiger partial charge is 0.166 e. The Morgan fingerprint density at radius 2 is 1.93 bits per heavy atom. The third kappa shape index (κ3) is 3.61. The van der Waals surface area contributed by atoms with E-state index in [0.717, 1.165) is 10.2 Å². The van der Waals surface area contributed by atoms with Crippen LogP contribution in [-0.2, 0) is 9.47 Å². The van der Waals surface area contributed by atoms with Gasteiger partial charge >= 0.3 is 0 Å². The fourth-order valence-electron chi connectivity index (χ4n) is 0.952. The van der Waals surface area contributed by atoms with Crippen LogP contribution in [-0.4, -0.2) is 26.3 Å². The summed E-state index contributed by atoms with van der Waals surface area (Å²) in [6.45, 7) is 0. The van der Waals surface area contributed by atoms with Gasteiger partial charge in [0.25, 0.3) is 0 Å². The Bertz CT molecular complexity index is 277. The zero-order valence-electron chi connectivity index (χ0n) is 8.20. The second-order valence-corrected chi connectivity index (χ2v) is 4.56. The van der Waals surface area contributed by atoms with Crippen LogP contribution < -0.4 is 0 Å². The van der Waals surface area contributed by atoms with Gasteiger partial charge in [-0.05, 0) is 28.1 Å². The lowest BCUT2D eigenvalue weighted by Crippen LogP contribution is -2.15. The van der Waals surface area contributed by atoms with Crippen LogP contribution in [0.25, 0.3) is 0 Å². The van der Waals surface area contributed by atoms with E-state index in [0.29, 0.717) is 0 Å². The highest BCUT2D eigenvalue weighted by atomic mass is 79.9. The van der Waals surface area contributed by atoms with Crippen molar-refractivity contribution in [3.05, 3.63) is 28.7 Å². The third-order valence-corrected chi connectivity index (χ3v) is 3.80. The zero-order valence-corrected chi connectivity index (χ0v) is 10.6. The molecule has 14 heavy (non-hydrogen) atoms. The molecule has 0 fully saturated rings. The van der Waals surface area contributed by atoms with Gasteiger partial charge in [-0.15, -0.1) is 11.8 Å². The number of ether oxygens (including phenoxy) is 2. The summed E-state index contributed by atoms with van der Waals surface area (Å²) in [5.74, 6) is 0.787. The summed E-state index contributed by atoms with van der Waals surface area (Å²) in [6.07, 6.45) is -0.146. The standard InChI is InChI=1S/C10H13BrO2S/c1-12-10(13-2)7-14-9-6-4-3-5-8(9)11/h3-6,10H,7H2,1-2H3. The fraction of sp³-hybridized carbons (Fsp3) is 0.400. The molecule has 1 rings (SSSR count). The van der Waals surface area contributed by atoms with Gasteiger partial charge in [0.1, 0.15) is 0 Å². The van der Waals surface area contributed by atoms with Gasteiger partial charge in [-0.25, -0.2) is 0 Å². The van der Waals surface area contributed by atoms with Crippen LogP contribution in [0.4, 0.5) is 0 Å².